The predicted octanol–water partition coefficient (Wildman–Crippen LogP) is 3.16. The van der Waals surface area contributed by atoms with Crippen molar-refractivity contribution in [2.45, 2.75) is 4.90 Å². The number of amides is 1. The van der Waals surface area contributed by atoms with Crippen molar-refractivity contribution in [2.24, 2.45) is 0 Å². The Bertz CT molecular complexity index is 1080. The highest BCUT2D eigenvalue weighted by atomic mass is 35.5. The fourth-order valence-electron chi connectivity index (χ4n) is 2.28. The minimum Gasteiger partial charge on any atom is -0.495 e. The van der Waals surface area contributed by atoms with Crippen molar-refractivity contribution >= 4 is 45.0 Å². The van der Waals surface area contributed by atoms with Gasteiger partial charge in [0, 0.05) is 26.2 Å². The Morgan fingerprint density at radius 1 is 1.24 bits per heavy atom. The van der Waals surface area contributed by atoms with Crippen LogP contribution in [0.15, 0.2) is 47.4 Å². The van der Waals surface area contributed by atoms with Crippen molar-refractivity contribution in [1.82, 2.24) is 4.31 Å². The molecular formula is C18H18ClN3O6S. The van der Waals surface area contributed by atoms with Gasteiger partial charge in [-0.05, 0) is 35.9 Å². The SMILES string of the molecule is COc1ccc(S(=O)(=O)N(C)C)cc1NC(=O)/C=C/c1ccc(Cl)c([N+](=O)[O-])c1. The van der Waals surface area contributed by atoms with Crippen LogP contribution in [0.3, 0.4) is 0 Å². The summed E-state index contributed by atoms with van der Waals surface area (Å²) in [4.78, 5) is 22.6. The summed E-state index contributed by atoms with van der Waals surface area (Å²) in [5.41, 5.74) is 0.275. The quantitative estimate of drug-likeness (QED) is 0.402. The van der Waals surface area contributed by atoms with Gasteiger partial charge in [-0.2, -0.15) is 0 Å². The molecule has 0 fully saturated rings. The van der Waals surface area contributed by atoms with Crippen molar-refractivity contribution in [1.29, 1.82) is 0 Å². The van der Waals surface area contributed by atoms with E-state index in [0.29, 0.717) is 5.56 Å². The molecule has 0 aliphatic rings. The van der Waals surface area contributed by atoms with Gasteiger partial charge in [0.1, 0.15) is 10.8 Å². The Kier molecular flexibility index (Phi) is 6.96. The molecule has 29 heavy (non-hydrogen) atoms. The number of sulfonamides is 1. The molecule has 1 amide bonds. The molecule has 0 spiro atoms. The Morgan fingerprint density at radius 2 is 1.93 bits per heavy atom. The lowest BCUT2D eigenvalue weighted by Gasteiger charge is -2.14. The zero-order chi connectivity index (χ0) is 21.8. The van der Waals surface area contributed by atoms with Crippen LogP contribution in [0.2, 0.25) is 5.02 Å². The van der Waals surface area contributed by atoms with Crippen LogP contribution in [-0.4, -0.2) is 44.8 Å². The number of nitro benzene ring substituents is 1. The van der Waals surface area contributed by atoms with Crippen molar-refractivity contribution in [2.75, 3.05) is 26.5 Å². The molecule has 154 valence electrons. The van der Waals surface area contributed by atoms with E-state index in [1.807, 2.05) is 0 Å². The highest BCUT2D eigenvalue weighted by Crippen LogP contribution is 2.29. The van der Waals surface area contributed by atoms with E-state index >= 15 is 0 Å². The topological polar surface area (TPSA) is 119 Å². The van der Waals surface area contributed by atoms with E-state index in [9.17, 15) is 23.3 Å². The molecule has 0 unspecified atom stereocenters. The van der Waals surface area contributed by atoms with E-state index in [1.54, 1.807) is 0 Å². The van der Waals surface area contributed by atoms with Crippen LogP contribution in [0, 0.1) is 10.1 Å². The number of hydrogen-bond donors (Lipinski definition) is 1. The van der Waals surface area contributed by atoms with E-state index in [1.165, 1.54) is 63.7 Å². The summed E-state index contributed by atoms with van der Waals surface area (Å²) in [5.74, 6) is -0.313. The molecular weight excluding hydrogens is 422 g/mol. The molecule has 0 aromatic heterocycles. The number of halogens is 1. The zero-order valence-electron chi connectivity index (χ0n) is 15.7. The summed E-state index contributed by atoms with van der Waals surface area (Å²) < 4.78 is 30.8. The Hall–Kier alpha value is -2.95. The molecule has 0 saturated carbocycles. The third kappa shape index (κ3) is 5.31. The van der Waals surface area contributed by atoms with Crippen LogP contribution in [0.5, 0.6) is 5.75 Å². The van der Waals surface area contributed by atoms with Crippen LogP contribution in [-0.2, 0) is 14.8 Å². The van der Waals surface area contributed by atoms with Gasteiger partial charge in [-0.1, -0.05) is 17.7 Å². The Morgan fingerprint density at radius 3 is 2.52 bits per heavy atom. The fourth-order valence-corrected chi connectivity index (χ4v) is 3.39. The molecule has 0 radical (unpaired) electrons. The first-order valence-corrected chi connectivity index (χ1v) is 9.91. The highest BCUT2D eigenvalue weighted by molar-refractivity contribution is 7.89. The third-order valence-corrected chi connectivity index (χ3v) is 5.93. The minimum absolute atomic E-state index is 0.0137. The molecule has 0 heterocycles. The van der Waals surface area contributed by atoms with Crippen molar-refractivity contribution < 1.29 is 22.9 Å². The molecule has 0 aliphatic heterocycles. The number of carbonyl (C=O) groups is 1. The van der Waals surface area contributed by atoms with Gasteiger partial charge in [-0.15, -0.1) is 0 Å². The maximum absolute atomic E-state index is 12.3. The number of nitro groups is 1. The number of hydrogen-bond acceptors (Lipinski definition) is 6. The van der Waals surface area contributed by atoms with Gasteiger partial charge in [-0.3, -0.25) is 14.9 Å². The second kappa shape index (κ2) is 9.03. The zero-order valence-corrected chi connectivity index (χ0v) is 17.3. The van der Waals surface area contributed by atoms with Crippen LogP contribution in [0.25, 0.3) is 6.08 Å². The number of carbonyl (C=O) groups excluding carboxylic acids is 1. The minimum atomic E-state index is -3.70. The van der Waals surface area contributed by atoms with Crippen molar-refractivity contribution in [3.63, 3.8) is 0 Å². The van der Waals surface area contributed by atoms with Crippen LogP contribution in [0.4, 0.5) is 11.4 Å². The molecule has 9 nitrogen and oxygen atoms in total. The van der Waals surface area contributed by atoms with Gasteiger partial charge in [-0.25, -0.2) is 12.7 Å². The first-order valence-electron chi connectivity index (χ1n) is 8.10. The summed E-state index contributed by atoms with van der Waals surface area (Å²) in [6.45, 7) is 0. The van der Waals surface area contributed by atoms with Crippen LogP contribution in [0.1, 0.15) is 5.56 Å². The number of rotatable bonds is 7. The standard InChI is InChI=1S/C18H18ClN3O6S/c1-21(2)29(26,27)13-6-8-17(28-3)15(11-13)20-18(23)9-5-12-4-7-14(19)16(10-12)22(24)25/h4-11H,1-3H3,(H,20,23)/b9-5+. The number of anilines is 1. The average Bonchev–Trinajstić information content (AvgIpc) is 2.66. The molecule has 0 aliphatic carbocycles. The summed E-state index contributed by atoms with van der Waals surface area (Å²) in [6.07, 6.45) is 2.52. The van der Waals surface area contributed by atoms with Gasteiger partial charge < -0.3 is 10.1 Å². The summed E-state index contributed by atoms with van der Waals surface area (Å²) in [5, 5.41) is 13.5. The largest absolute Gasteiger partial charge is 0.495 e. The highest BCUT2D eigenvalue weighted by Gasteiger charge is 2.19. The third-order valence-electron chi connectivity index (χ3n) is 3.80. The normalized spacial score (nSPS) is 11.6. The smallest absolute Gasteiger partial charge is 0.288 e. The first-order chi connectivity index (χ1) is 13.6. The summed E-state index contributed by atoms with van der Waals surface area (Å²) in [6, 6.07) is 8.19. The van der Waals surface area contributed by atoms with E-state index in [-0.39, 0.29) is 27.0 Å². The fraction of sp³-hybridized carbons (Fsp3) is 0.167. The van der Waals surface area contributed by atoms with Gasteiger partial charge >= 0.3 is 0 Å². The van der Waals surface area contributed by atoms with Crippen LogP contribution < -0.4 is 10.1 Å². The molecule has 1 N–H and O–H groups in total. The van der Waals surface area contributed by atoms with Gasteiger partial charge in [0.05, 0.1) is 22.6 Å². The van der Waals surface area contributed by atoms with E-state index in [2.05, 4.69) is 5.32 Å². The predicted molar refractivity (Wildman–Crippen MR) is 110 cm³/mol. The van der Waals surface area contributed by atoms with Gasteiger partial charge in [0.15, 0.2) is 0 Å². The maximum Gasteiger partial charge on any atom is 0.288 e. The Labute approximate surface area is 172 Å². The molecule has 0 saturated heterocycles. The lowest BCUT2D eigenvalue weighted by molar-refractivity contribution is -0.384. The van der Waals surface area contributed by atoms with Crippen molar-refractivity contribution in [3.8, 4) is 5.75 Å². The monoisotopic (exact) mass is 439 g/mol. The van der Waals surface area contributed by atoms with E-state index < -0.39 is 20.9 Å². The lowest BCUT2D eigenvalue weighted by atomic mass is 10.2. The first kappa shape index (κ1) is 22.3. The molecule has 11 heteroatoms. The second-order valence-electron chi connectivity index (χ2n) is 5.94. The number of methoxy groups -OCH3 is 1. The number of nitrogens with one attached hydrogen (secondary N) is 1. The van der Waals surface area contributed by atoms with Gasteiger partial charge in [0.2, 0.25) is 15.9 Å². The summed E-state index contributed by atoms with van der Waals surface area (Å²) >= 11 is 5.76. The lowest BCUT2D eigenvalue weighted by Crippen LogP contribution is -2.22. The number of ether oxygens (including phenoxy) is 1. The second-order valence-corrected chi connectivity index (χ2v) is 8.50. The van der Waals surface area contributed by atoms with Crippen LogP contribution >= 0.6 is 11.6 Å². The number of benzene rings is 2. The molecule has 2 rings (SSSR count). The van der Waals surface area contributed by atoms with E-state index in [4.69, 9.17) is 16.3 Å². The van der Waals surface area contributed by atoms with Crippen molar-refractivity contribution in [3.05, 3.63) is 63.2 Å². The molecule has 0 bridgehead atoms. The molecule has 2 aromatic carbocycles. The Balaban J connectivity index is 2.27. The summed E-state index contributed by atoms with van der Waals surface area (Å²) in [7, 11) is 0.472. The molecule has 2 aromatic rings. The van der Waals surface area contributed by atoms with E-state index in [0.717, 1.165) is 10.4 Å². The number of nitrogens with zero attached hydrogens (tertiary/aromatic N) is 2. The average molecular weight is 440 g/mol. The maximum atomic E-state index is 12.3. The van der Waals surface area contributed by atoms with Gasteiger partial charge in [0.25, 0.3) is 5.69 Å². The molecule has 0 atom stereocenters.